The first-order valence-electron chi connectivity index (χ1n) is 17.3. The van der Waals surface area contributed by atoms with Gasteiger partial charge in [0.25, 0.3) is 0 Å². The minimum absolute atomic E-state index is 0.154. The molecule has 4 aliphatic heterocycles. The third-order valence-corrected chi connectivity index (χ3v) is 10.4. The van der Waals surface area contributed by atoms with Crippen molar-refractivity contribution in [1.82, 2.24) is 14.4 Å². The van der Waals surface area contributed by atoms with Gasteiger partial charge in [-0.3, -0.25) is 9.98 Å². The molecule has 5 nitrogen and oxygen atoms in total. The van der Waals surface area contributed by atoms with Gasteiger partial charge in [-0.05, 0) is 94.4 Å². The van der Waals surface area contributed by atoms with Gasteiger partial charge in [-0.15, -0.1) is 0 Å². The summed E-state index contributed by atoms with van der Waals surface area (Å²) in [6.07, 6.45) is 13.8. The van der Waals surface area contributed by atoms with Gasteiger partial charge in [-0.1, -0.05) is 91.0 Å². The van der Waals surface area contributed by atoms with Gasteiger partial charge in [0, 0.05) is 35.7 Å². The second-order valence-corrected chi connectivity index (χ2v) is 13.4. The van der Waals surface area contributed by atoms with Crippen LogP contribution in [0.3, 0.4) is 0 Å². The summed E-state index contributed by atoms with van der Waals surface area (Å²) < 4.78 is 2.39. The number of amidine groups is 2. The van der Waals surface area contributed by atoms with Crippen LogP contribution in [0, 0.1) is 0 Å². The number of aliphatic imine (C=N–C) groups is 2. The maximum atomic E-state index is 5.00. The number of para-hydroxylation sites is 1. The van der Waals surface area contributed by atoms with E-state index in [1.807, 2.05) is 0 Å². The van der Waals surface area contributed by atoms with E-state index in [0.717, 1.165) is 37.7 Å². The Kier molecular flexibility index (Phi) is 6.51. The van der Waals surface area contributed by atoms with Crippen LogP contribution < -0.4 is 0 Å². The van der Waals surface area contributed by atoms with Crippen LogP contribution in [0.4, 0.5) is 0 Å². The van der Waals surface area contributed by atoms with Gasteiger partial charge < -0.3 is 14.4 Å². The molecule has 49 heavy (non-hydrogen) atoms. The minimum atomic E-state index is 0.154. The van der Waals surface area contributed by atoms with Crippen LogP contribution in [0.2, 0.25) is 0 Å². The third kappa shape index (κ3) is 4.84. The Morgan fingerprint density at radius 2 is 1.16 bits per heavy atom. The van der Waals surface area contributed by atoms with Crippen LogP contribution in [0.25, 0.3) is 49.7 Å². The third-order valence-electron chi connectivity index (χ3n) is 10.4. The van der Waals surface area contributed by atoms with E-state index in [0.29, 0.717) is 0 Å². The second-order valence-electron chi connectivity index (χ2n) is 13.4. The molecule has 5 heterocycles. The molecule has 10 rings (SSSR count). The average Bonchev–Trinajstić information content (AvgIpc) is 3.89. The fourth-order valence-electron chi connectivity index (χ4n) is 7.88. The van der Waals surface area contributed by atoms with E-state index in [2.05, 4.69) is 166 Å². The van der Waals surface area contributed by atoms with Gasteiger partial charge in [0.15, 0.2) is 0 Å². The highest BCUT2D eigenvalue weighted by Crippen LogP contribution is 2.38. The zero-order valence-electron chi connectivity index (χ0n) is 27.2. The number of fused-ring (bicyclic) bond motifs is 5. The summed E-state index contributed by atoms with van der Waals surface area (Å²) in [7, 11) is 0. The van der Waals surface area contributed by atoms with Crippen LogP contribution in [0.1, 0.15) is 29.6 Å². The Morgan fingerprint density at radius 3 is 1.80 bits per heavy atom. The Morgan fingerprint density at radius 1 is 0.551 bits per heavy atom. The van der Waals surface area contributed by atoms with Gasteiger partial charge in [-0.25, -0.2) is 0 Å². The molecule has 0 saturated heterocycles. The van der Waals surface area contributed by atoms with Crippen molar-refractivity contribution in [1.29, 1.82) is 0 Å². The number of aromatic nitrogens is 1. The summed E-state index contributed by atoms with van der Waals surface area (Å²) in [5, 5.41) is 2.51. The van der Waals surface area contributed by atoms with Crippen LogP contribution in [-0.4, -0.2) is 45.7 Å². The summed E-state index contributed by atoms with van der Waals surface area (Å²) in [5.74, 6) is 2.18. The highest BCUT2D eigenvalue weighted by atomic mass is 15.3. The van der Waals surface area contributed by atoms with Crippen molar-refractivity contribution >= 4 is 33.5 Å². The van der Waals surface area contributed by atoms with E-state index in [9.17, 15) is 0 Å². The summed E-state index contributed by atoms with van der Waals surface area (Å²) in [4.78, 5) is 14.6. The minimum Gasteiger partial charge on any atom is -0.354 e. The van der Waals surface area contributed by atoms with Crippen molar-refractivity contribution in [2.75, 3.05) is 19.6 Å². The van der Waals surface area contributed by atoms with Crippen LogP contribution in [0.15, 0.2) is 162 Å². The van der Waals surface area contributed by atoms with E-state index in [4.69, 9.17) is 9.98 Å². The number of rotatable bonds is 5. The smallest absolute Gasteiger partial charge is 0.128 e. The van der Waals surface area contributed by atoms with Gasteiger partial charge in [-0.2, -0.15) is 0 Å². The monoisotopic (exact) mass is 633 g/mol. The van der Waals surface area contributed by atoms with E-state index in [1.54, 1.807) is 0 Å². The predicted octanol–water partition coefficient (Wildman–Crippen LogP) is 9.67. The molecule has 1 aromatic heterocycles. The summed E-state index contributed by atoms with van der Waals surface area (Å²) in [6.45, 7) is 2.92. The normalized spacial score (nSPS) is 19.4. The standard InChI is InChI=1S/C44H35N5/c1-2-8-36(9-3-1)49-41-22-20-34(30-12-16-32(17-13-30)39-28-47-24-6-4-10-43(47)45-39)26-37(41)38-27-35(21-23-42(38)49)31-14-18-33(19-15-31)40-29-48-25-7-5-11-44(48)46-40/h1-6,8-24,26-27,39-40H,7,25,28-29H2. The number of hydrogen-bond acceptors (Lipinski definition) is 4. The molecule has 5 heteroatoms. The molecule has 6 aromatic rings. The maximum absolute atomic E-state index is 5.00. The van der Waals surface area contributed by atoms with Crippen molar-refractivity contribution in [3.8, 4) is 27.9 Å². The lowest BCUT2D eigenvalue weighted by molar-refractivity contribution is 0.430. The molecule has 0 spiro atoms. The van der Waals surface area contributed by atoms with Crippen molar-refractivity contribution in [2.24, 2.45) is 9.98 Å². The van der Waals surface area contributed by atoms with Crippen molar-refractivity contribution < 1.29 is 0 Å². The number of benzene rings is 5. The lowest BCUT2D eigenvalue weighted by Crippen LogP contribution is -2.29. The molecular weight excluding hydrogens is 599 g/mol. The Labute approximate surface area is 286 Å². The maximum Gasteiger partial charge on any atom is 0.128 e. The molecule has 0 saturated carbocycles. The molecule has 0 fully saturated rings. The first kappa shape index (κ1) is 28.1. The van der Waals surface area contributed by atoms with Crippen LogP contribution >= 0.6 is 0 Å². The quantitative estimate of drug-likeness (QED) is 0.190. The van der Waals surface area contributed by atoms with Crippen LogP contribution in [-0.2, 0) is 0 Å². The fraction of sp³-hybridized carbons (Fsp3) is 0.136. The molecule has 0 N–H and O–H groups in total. The van der Waals surface area contributed by atoms with E-state index >= 15 is 0 Å². The average molecular weight is 634 g/mol. The van der Waals surface area contributed by atoms with E-state index in [-0.39, 0.29) is 12.1 Å². The summed E-state index contributed by atoms with van der Waals surface area (Å²) >= 11 is 0. The lowest BCUT2D eigenvalue weighted by atomic mass is 9.98. The lowest BCUT2D eigenvalue weighted by Gasteiger charge is -2.21. The second kappa shape index (κ2) is 11.3. The molecule has 2 unspecified atom stereocenters. The van der Waals surface area contributed by atoms with E-state index in [1.165, 1.54) is 60.9 Å². The summed E-state index contributed by atoms with van der Waals surface area (Å²) in [6, 6.07) is 42.9. The topological polar surface area (TPSA) is 36.1 Å². The molecule has 2 atom stereocenters. The first-order valence-corrected chi connectivity index (χ1v) is 17.3. The van der Waals surface area contributed by atoms with Gasteiger partial charge in [0.1, 0.15) is 11.7 Å². The summed E-state index contributed by atoms with van der Waals surface area (Å²) in [5.41, 5.74) is 11.0. The molecule has 236 valence electrons. The van der Waals surface area contributed by atoms with Gasteiger partial charge in [0.2, 0.25) is 0 Å². The molecule has 0 amide bonds. The number of hydrogen-bond donors (Lipinski definition) is 0. The SMILES string of the molecule is C1=CC2=NC(c3ccc(-c4ccc5c(c4)c4cc(-c6ccc(C7CN8CCC=CC8=N7)cc6)ccc4n5-c4ccccc4)cc3)CN2C=C1. The zero-order chi connectivity index (χ0) is 32.3. The molecule has 0 aliphatic carbocycles. The molecule has 0 bridgehead atoms. The molecule has 5 aromatic carbocycles. The predicted molar refractivity (Wildman–Crippen MR) is 202 cm³/mol. The van der Waals surface area contributed by atoms with Crippen molar-refractivity contribution in [3.05, 3.63) is 163 Å². The van der Waals surface area contributed by atoms with Gasteiger partial charge >= 0.3 is 0 Å². The number of nitrogens with zero attached hydrogens (tertiary/aromatic N) is 5. The Hall–Kier alpha value is -5.94. The van der Waals surface area contributed by atoms with E-state index < -0.39 is 0 Å². The first-order chi connectivity index (χ1) is 24.2. The Bertz CT molecular complexity index is 2390. The highest BCUT2D eigenvalue weighted by molar-refractivity contribution is 6.11. The van der Waals surface area contributed by atoms with Crippen molar-refractivity contribution in [2.45, 2.75) is 18.5 Å². The van der Waals surface area contributed by atoms with Crippen LogP contribution in [0.5, 0.6) is 0 Å². The largest absolute Gasteiger partial charge is 0.354 e. The molecule has 0 radical (unpaired) electrons. The Balaban J connectivity index is 1.02. The molecular formula is C44H35N5. The number of allylic oxidation sites excluding steroid dienone is 2. The fourth-order valence-corrected chi connectivity index (χ4v) is 7.88. The zero-order valence-corrected chi connectivity index (χ0v) is 27.2. The van der Waals surface area contributed by atoms with Crippen molar-refractivity contribution in [3.63, 3.8) is 0 Å². The highest BCUT2D eigenvalue weighted by Gasteiger charge is 2.26. The molecule has 4 aliphatic rings. The van der Waals surface area contributed by atoms with Gasteiger partial charge in [0.05, 0.1) is 29.7 Å².